The maximum atomic E-state index is 13.7. The summed E-state index contributed by atoms with van der Waals surface area (Å²) in [5.74, 6) is 0.274. The van der Waals surface area contributed by atoms with Crippen molar-refractivity contribution in [3.05, 3.63) is 76.3 Å². The first-order chi connectivity index (χ1) is 18.2. The number of sulfonamides is 1. The number of aromatic nitrogens is 1. The van der Waals surface area contributed by atoms with Crippen molar-refractivity contribution in [2.75, 3.05) is 29.9 Å². The van der Waals surface area contributed by atoms with Gasteiger partial charge in [-0.15, -0.1) is 0 Å². The molecule has 1 amide bonds. The van der Waals surface area contributed by atoms with Crippen LogP contribution in [0.15, 0.2) is 65.6 Å². The number of carbonyl (C=O) groups excluding carboxylic acids is 1. The maximum absolute atomic E-state index is 13.7. The Balaban J connectivity index is 1.43. The molecular formula is C26H23Cl2N3O5S2. The fraction of sp³-hybridized carbons (Fsp3) is 0.231. The molecule has 0 aliphatic carbocycles. The third kappa shape index (κ3) is 5.60. The summed E-state index contributed by atoms with van der Waals surface area (Å²) in [5, 5.41) is 1.43. The lowest BCUT2D eigenvalue weighted by Crippen LogP contribution is -2.37. The smallest absolute Gasteiger partial charge is 0.261 e. The summed E-state index contributed by atoms with van der Waals surface area (Å²) in [6, 6.07) is 15.6. The molecule has 12 heteroatoms. The number of halogens is 2. The predicted molar refractivity (Wildman–Crippen MR) is 151 cm³/mol. The minimum Gasteiger partial charge on any atom is -0.494 e. The van der Waals surface area contributed by atoms with Crippen LogP contribution in [0.2, 0.25) is 10.0 Å². The first-order valence-electron chi connectivity index (χ1n) is 11.7. The van der Waals surface area contributed by atoms with E-state index < -0.39 is 10.0 Å². The number of ether oxygens (including phenoxy) is 2. The Kier molecular flexibility index (Phi) is 7.78. The molecule has 1 unspecified atom stereocenters. The van der Waals surface area contributed by atoms with E-state index >= 15 is 0 Å². The zero-order valence-electron chi connectivity index (χ0n) is 20.2. The molecule has 38 heavy (non-hydrogen) atoms. The highest BCUT2D eigenvalue weighted by atomic mass is 35.5. The van der Waals surface area contributed by atoms with Gasteiger partial charge in [0.2, 0.25) is 0 Å². The number of benzene rings is 3. The number of fused-ring (bicyclic) bond motifs is 1. The number of amides is 1. The molecule has 1 aliphatic heterocycles. The molecule has 1 N–H and O–H groups in total. The van der Waals surface area contributed by atoms with Crippen molar-refractivity contribution < 1.29 is 22.7 Å². The molecule has 0 spiro atoms. The molecule has 1 aliphatic rings. The Hall–Kier alpha value is -2.89. The minimum absolute atomic E-state index is 0.0784. The molecular weight excluding hydrogens is 569 g/mol. The second-order valence-electron chi connectivity index (χ2n) is 8.61. The van der Waals surface area contributed by atoms with Gasteiger partial charge in [0.1, 0.15) is 11.3 Å². The van der Waals surface area contributed by atoms with Gasteiger partial charge in [-0.05, 0) is 73.5 Å². The van der Waals surface area contributed by atoms with Gasteiger partial charge in [-0.25, -0.2) is 13.4 Å². The van der Waals surface area contributed by atoms with E-state index in [1.807, 2.05) is 0 Å². The lowest BCUT2D eigenvalue weighted by atomic mass is 10.1. The predicted octanol–water partition coefficient (Wildman–Crippen LogP) is 6.24. The molecule has 4 aromatic rings. The monoisotopic (exact) mass is 591 g/mol. The summed E-state index contributed by atoms with van der Waals surface area (Å²) in [6.45, 7) is 0.970. The molecule has 0 saturated carbocycles. The van der Waals surface area contributed by atoms with Gasteiger partial charge >= 0.3 is 0 Å². The van der Waals surface area contributed by atoms with Crippen molar-refractivity contribution in [1.82, 2.24) is 4.98 Å². The molecule has 1 fully saturated rings. The van der Waals surface area contributed by atoms with Crippen LogP contribution in [0.4, 0.5) is 10.8 Å². The van der Waals surface area contributed by atoms with Gasteiger partial charge in [0.25, 0.3) is 15.9 Å². The molecule has 198 valence electrons. The number of methoxy groups -OCH3 is 1. The van der Waals surface area contributed by atoms with Gasteiger partial charge in [0, 0.05) is 22.9 Å². The number of rotatable bonds is 8. The summed E-state index contributed by atoms with van der Waals surface area (Å²) in [5.41, 5.74) is 1.27. The average Bonchev–Trinajstić information content (AvgIpc) is 3.58. The van der Waals surface area contributed by atoms with Crippen molar-refractivity contribution in [1.29, 1.82) is 0 Å². The van der Waals surface area contributed by atoms with Crippen LogP contribution >= 0.6 is 34.5 Å². The molecule has 8 nitrogen and oxygen atoms in total. The van der Waals surface area contributed by atoms with Crippen molar-refractivity contribution in [3.63, 3.8) is 0 Å². The van der Waals surface area contributed by atoms with E-state index in [2.05, 4.69) is 4.72 Å². The summed E-state index contributed by atoms with van der Waals surface area (Å²) in [4.78, 5) is 20.1. The van der Waals surface area contributed by atoms with Crippen LogP contribution in [-0.4, -0.2) is 45.7 Å². The summed E-state index contributed by atoms with van der Waals surface area (Å²) in [6.07, 6.45) is 1.65. The molecule has 2 heterocycles. The molecule has 0 radical (unpaired) electrons. The number of anilines is 2. The lowest BCUT2D eigenvalue weighted by Gasteiger charge is -2.23. The minimum atomic E-state index is -3.82. The van der Waals surface area contributed by atoms with Crippen LogP contribution in [0.25, 0.3) is 10.2 Å². The fourth-order valence-corrected chi connectivity index (χ4v) is 6.57. The average molecular weight is 593 g/mol. The van der Waals surface area contributed by atoms with Crippen LogP contribution in [0.3, 0.4) is 0 Å². The van der Waals surface area contributed by atoms with Crippen LogP contribution < -0.4 is 14.4 Å². The highest BCUT2D eigenvalue weighted by Gasteiger charge is 2.28. The van der Waals surface area contributed by atoms with Crippen LogP contribution in [0, 0.1) is 0 Å². The molecule has 3 aromatic carbocycles. The van der Waals surface area contributed by atoms with Crippen LogP contribution in [-0.2, 0) is 14.8 Å². The first kappa shape index (κ1) is 26.7. The van der Waals surface area contributed by atoms with E-state index in [9.17, 15) is 13.2 Å². The molecule has 5 rings (SSSR count). The molecule has 1 aromatic heterocycles. The first-order valence-corrected chi connectivity index (χ1v) is 14.8. The van der Waals surface area contributed by atoms with Crippen molar-refractivity contribution in [2.45, 2.75) is 23.8 Å². The third-order valence-corrected chi connectivity index (χ3v) is 9.25. The standard InChI is InChI=1S/C26H23Cl2N3O5S2/c1-35-22-13-12-21(28)24-23(22)29-26(37-24)31(15-19-3-2-14-36-19)25(32)16-4-8-18(9-5-16)30-38(33,34)20-10-6-17(27)7-11-20/h4-13,19,30H,2-3,14-15H2,1H3. The quantitative estimate of drug-likeness (QED) is 0.260. The highest BCUT2D eigenvalue weighted by molar-refractivity contribution is 7.92. The maximum Gasteiger partial charge on any atom is 0.261 e. The topological polar surface area (TPSA) is 97.8 Å². The Morgan fingerprint density at radius 3 is 2.53 bits per heavy atom. The zero-order chi connectivity index (χ0) is 26.9. The normalized spacial score (nSPS) is 15.5. The zero-order valence-corrected chi connectivity index (χ0v) is 23.3. The number of hydrogen-bond donors (Lipinski definition) is 1. The fourth-order valence-electron chi connectivity index (χ4n) is 4.13. The van der Waals surface area contributed by atoms with E-state index in [0.29, 0.717) is 50.8 Å². The molecule has 1 saturated heterocycles. The summed E-state index contributed by atoms with van der Waals surface area (Å²) in [7, 11) is -2.26. The van der Waals surface area contributed by atoms with E-state index in [1.54, 1.807) is 48.4 Å². The van der Waals surface area contributed by atoms with Crippen molar-refractivity contribution in [3.8, 4) is 5.75 Å². The van der Waals surface area contributed by atoms with E-state index in [1.165, 1.54) is 35.6 Å². The Labute approximate surface area is 234 Å². The largest absolute Gasteiger partial charge is 0.494 e. The number of hydrogen-bond acceptors (Lipinski definition) is 7. The van der Waals surface area contributed by atoms with Gasteiger partial charge in [-0.2, -0.15) is 0 Å². The van der Waals surface area contributed by atoms with Gasteiger partial charge in [0.05, 0.1) is 34.4 Å². The van der Waals surface area contributed by atoms with Gasteiger partial charge in [0.15, 0.2) is 5.13 Å². The second-order valence-corrected chi connectivity index (χ2v) is 12.1. The second kappa shape index (κ2) is 11.1. The van der Waals surface area contributed by atoms with Crippen LogP contribution in [0.1, 0.15) is 23.2 Å². The third-order valence-electron chi connectivity index (χ3n) is 6.06. The van der Waals surface area contributed by atoms with Gasteiger partial charge < -0.3 is 9.47 Å². The number of nitrogens with one attached hydrogen (secondary N) is 1. The Bertz CT molecular complexity index is 1570. The lowest BCUT2D eigenvalue weighted by molar-refractivity contribution is 0.0917. The molecule has 0 bridgehead atoms. The summed E-state index contributed by atoms with van der Waals surface area (Å²) >= 11 is 13.6. The van der Waals surface area contributed by atoms with E-state index in [0.717, 1.165) is 17.5 Å². The SMILES string of the molecule is COc1ccc(Cl)c2sc(N(CC3CCCO3)C(=O)c3ccc(NS(=O)(=O)c4ccc(Cl)cc4)cc3)nc12. The van der Waals surface area contributed by atoms with E-state index in [4.69, 9.17) is 37.7 Å². The van der Waals surface area contributed by atoms with E-state index in [-0.39, 0.29) is 16.9 Å². The van der Waals surface area contributed by atoms with Crippen molar-refractivity contribution >= 4 is 71.5 Å². The number of thiazole rings is 1. The summed E-state index contributed by atoms with van der Waals surface area (Å²) < 4.78 is 39.9. The van der Waals surface area contributed by atoms with Gasteiger partial charge in [-0.3, -0.25) is 14.4 Å². The number of nitrogens with zero attached hydrogens (tertiary/aromatic N) is 2. The Morgan fingerprint density at radius 1 is 1.13 bits per heavy atom. The Morgan fingerprint density at radius 2 is 1.87 bits per heavy atom. The number of carbonyl (C=O) groups is 1. The highest BCUT2D eigenvalue weighted by Crippen LogP contribution is 2.39. The van der Waals surface area contributed by atoms with Crippen LogP contribution in [0.5, 0.6) is 5.75 Å². The van der Waals surface area contributed by atoms with Gasteiger partial charge in [-0.1, -0.05) is 34.5 Å². The van der Waals surface area contributed by atoms with Crippen molar-refractivity contribution in [2.24, 2.45) is 0 Å². The molecule has 1 atom stereocenters.